The number of nitrogens with zero attached hydrogens (tertiary/aromatic N) is 2. The van der Waals surface area contributed by atoms with E-state index in [-0.39, 0.29) is 139 Å². The van der Waals surface area contributed by atoms with Gasteiger partial charge < -0.3 is 28.6 Å². The first-order valence-electron chi connectivity index (χ1n) is 18.6. The van der Waals surface area contributed by atoms with Crippen molar-refractivity contribution in [2.75, 3.05) is 35.7 Å². The fourth-order valence-corrected chi connectivity index (χ4v) is 8.74. The normalized spacial score (nSPS) is 16.8. The van der Waals surface area contributed by atoms with Crippen molar-refractivity contribution < 1.29 is 143 Å². The number of carbonyl (C=O) groups excluding carboxylic acids is 2. The predicted octanol–water partition coefficient (Wildman–Crippen LogP) is 1.16. The topological polar surface area (TPSA) is 173 Å². The van der Waals surface area contributed by atoms with E-state index in [1.165, 1.54) is 35.6 Å². The minimum absolute atomic E-state index is 0. The standard InChI is InChI=1S/C42H46N4O8S.2K.2H/c1-45(34-20-16-31(17-21-34)42(51)52)55(53,54)36-7-5-6-32(26-36)39(47)44-38-23-22-35(46-24-3-2-4-25-46)27-37(38)40(48)43-33-18-12-29(13-19-33)9-8-28-10-14-30(15-11-28)41(49)50;;;;/h5-7,10-15,18-19,22-23,26-27,31,34H,2-4,8-9,16-17,20-21,24-25H2,1H3,(H,43,48)(H,44,47)(H,49,50)(H,51,52);;;;/q;2*+1;2*-1. The third-order valence-electron chi connectivity index (χ3n) is 10.7. The zero-order valence-electron chi connectivity index (χ0n) is 34.7. The van der Waals surface area contributed by atoms with Crippen molar-refractivity contribution in [2.45, 2.75) is 68.7 Å². The zero-order valence-corrected chi connectivity index (χ0v) is 39.8. The number of amides is 2. The molecular formula is C42H48K2N4O8S. The average molecular weight is 847 g/mol. The number of aliphatic carboxylic acids is 1. The smallest absolute Gasteiger partial charge is 1.00 e. The molecule has 1 aliphatic carbocycles. The Morgan fingerprint density at radius 2 is 1.35 bits per heavy atom. The summed E-state index contributed by atoms with van der Waals surface area (Å²) < 4.78 is 28.6. The maximum Gasteiger partial charge on any atom is 1.00 e. The van der Waals surface area contributed by atoms with Crippen molar-refractivity contribution in [1.82, 2.24) is 4.31 Å². The van der Waals surface area contributed by atoms with E-state index < -0.39 is 39.7 Å². The van der Waals surface area contributed by atoms with Gasteiger partial charge in [0.05, 0.1) is 27.6 Å². The number of rotatable bonds is 13. The molecular weight excluding hydrogens is 799 g/mol. The summed E-state index contributed by atoms with van der Waals surface area (Å²) in [4.78, 5) is 52.3. The number of aryl methyl sites for hydroxylation is 2. The molecule has 0 aromatic heterocycles. The van der Waals surface area contributed by atoms with Gasteiger partial charge in [-0.2, -0.15) is 4.31 Å². The van der Waals surface area contributed by atoms with E-state index in [2.05, 4.69) is 15.5 Å². The minimum atomic E-state index is -3.99. The monoisotopic (exact) mass is 846 g/mol. The average Bonchev–Trinajstić information content (AvgIpc) is 3.21. The fourth-order valence-electron chi connectivity index (χ4n) is 7.27. The summed E-state index contributed by atoms with van der Waals surface area (Å²) in [5.74, 6) is -3.31. The van der Waals surface area contributed by atoms with Gasteiger partial charge in [0, 0.05) is 43.1 Å². The molecule has 0 bridgehead atoms. The molecule has 6 rings (SSSR count). The quantitative estimate of drug-likeness (QED) is 0.144. The third-order valence-corrected chi connectivity index (χ3v) is 12.6. The molecule has 15 heteroatoms. The van der Waals surface area contributed by atoms with Crippen molar-refractivity contribution in [2.24, 2.45) is 5.92 Å². The third kappa shape index (κ3) is 12.4. The van der Waals surface area contributed by atoms with Crippen LogP contribution in [0.2, 0.25) is 0 Å². The Balaban J connectivity index is 0.00000300. The maximum absolute atomic E-state index is 13.9. The number of sulfonamides is 1. The van der Waals surface area contributed by atoms with Crippen molar-refractivity contribution in [3.63, 3.8) is 0 Å². The van der Waals surface area contributed by atoms with E-state index in [0.717, 1.165) is 62.0 Å². The molecule has 0 spiro atoms. The number of hydrogen-bond donors (Lipinski definition) is 4. The largest absolute Gasteiger partial charge is 1.00 e. The summed E-state index contributed by atoms with van der Waals surface area (Å²) >= 11 is 0. The molecule has 1 aliphatic heterocycles. The molecule has 4 N–H and O–H groups in total. The number of nitrogens with one attached hydrogen (secondary N) is 2. The van der Waals surface area contributed by atoms with Crippen LogP contribution in [0.25, 0.3) is 0 Å². The number of aromatic carboxylic acids is 1. The van der Waals surface area contributed by atoms with E-state index in [9.17, 15) is 32.7 Å². The second-order valence-corrected chi connectivity index (χ2v) is 16.3. The van der Waals surface area contributed by atoms with Gasteiger partial charge in [-0.3, -0.25) is 14.4 Å². The van der Waals surface area contributed by atoms with Gasteiger partial charge >= 0.3 is 115 Å². The van der Waals surface area contributed by atoms with E-state index in [1.54, 1.807) is 24.3 Å². The van der Waals surface area contributed by atoms with Crippen LogP contribution in [0.5, 0.6) is 0 Å². The summed E-state index contributed by atoms with van der Waals surface area (Å²) in [6.07, 6.45) is 6.32. The number of piperidine rings is 1. The van der Waals surface area contributed by atoms with Crippen LogP contribution in [0.1, 0.15) is 90.0 Å². The molecule has 4 aromatic carbocycles. The Morgan fingerprint density at radius 3 is 1.95 bits per heavy atom. The molecule has 1 heterocycles. The van der Waals surface area contributed by atoms with Gasteiger partial charge in [0.1, 0.15) is 0 Å². The van der Waals surface area contributed by atoms with Gasteiger partial charge in [-0.15, -0.1) is 0 Å². The number of carbonyl (C=O) groups is 4. The van der Waals surface area contributed by atoms with Gasteiger partial charge in [0.25, 0.3) is 11.8 Å². The minimum Gasteiger partial charge on any atom is -1.00 e. The summed E-state index contributed by atoms with van der Waals surface area (Å²) in [7, 11) is -2.50. The summed E-state index contributed by atoms with van der Waals surface area (Å²) in [6.45, 7) is 1.71. The SMILES string of the molecule is CN(C1CCC(C(=O)O)CC1)S(=O)(=O)c1cccc(C(=O)Nc2ccc(N3CCCCC3)cc2C(=O)Nc2ccc(CCc3ccc(C(=O)O)cc3)cc2)c1.[H-].[H-].[K+].[K+]. The van der Waals surface area contributed by atoms with Crippen molar-refractivity contribution >= 4 is 50.8 Å². The molecule has 2 fully saturated rings. The molecule has 292 valence electrons. The van der Waals surface area contributed by atoms with Crippen LogP contribution in [-0.4, -0.2) is 72.9 Å². The number of anilines is 3. The van der Waals surface area contributed by atoms with Gasteiger partial charge in [-0.1, -0.05) is 30.3 Å². The van der Waals surface area contributed by atoms with Gasteiger partial charge in [-0.05, 0) is 130 Å². The first-order valence-corrected chi connectivity index (χ1v) is 20.1. The Hall–Kier alpha value is -2.26. The van der Waals surface area contributed by atoms with E-state index in [1.807, 2.05) is 42.5 Å². The van der Waals surface area contributed by atoms with Crippen LogP contribution in [0, 0.1) is 5.92 Å². The van der Waals surface area contributed by atoms with E-state index >= 15 is 0 Å². The molecule has 2 aliphatic rings. The summed E-state index contributed by atoms with van der Waals surface area (Å²) in [5.41, 5.74) is 4.36. The summed E-state index contributed by atoms with van der Waals surface area (Å²) in [5, 5.41) is 24.3. The molecule has 4 aromatic rings. The number of carboxylic acid groups (broad SMARTS) is 2. The second-order valence-electron chi connectivity index (χ2n) is 14.3. The Labute approximate surface area is 422 Å². The van der Waals surface area contributed by atoms with E-state index in [4.69, 9.17) is 5.11 Å². The summed E-state index contributed by atoms with van der Waals surface area (Å²) in [6, 6.07) is 25.0. The molecule has 0 radical (unpaired) electrons. The number of benzene rings is 4. The van der Waals surface area contributed by atoms with Crippen molar-refractivity contribution in [3.8, 4) is 0 Å². The zero-order chi connectivity index (χ0) is 39.1. The molecule has 1 saturated heterocycles. The van der Waals surface area contributed by atoms with Crippen LogP contribution in [0.4, 0.5) is 17.1 Å². The fraction of sp³-hybridized carbons (Fsp3) is 0.333. The number of hydrogen-bond acceptors (Lipinski definition) is 7. The van der Waals surface area contributed by atoms with Crippen LogP contribution >= 0.6 is 0 Å². The van der Waals surface area contributed by atoms with Gasteiger partial charge in [-0.25, -0.2) is 13.2 Å². The molecule has 0 atom stereocenters. The Morgan fingerprint density at radius 1 is 0.737 bits per heavy atom. The van der Waals surface area contributed by atoms with E-state index in [0.29, 0.717) is 31.4 Å². The molecule has 2 amide bonds. The van der Waals surface area contributed by atoms with Crippen LogP contribution in [-0.2, 0) is 27.7 Å². The molecule has 0 unspecified atom stereocenters. The molecule has 1 saturated carbocycles. The Kier molecular flexibility index (Phi) is 18.2. The van der Waals surface area contributed by atoms with Gasteiger partial charge in [0.2, 0.25) is 10.0 Å². The van der Waals surface area contributed by atoms with Crippen LogP contribution in [0.15, 0.2) is 95.9 Å². The molecule has 12 nitrogen and oxygen atoms in total. The first kappa shape index (κ1) is 47.4. The number of carboxylic acids is 2. The van der Waals surface area contributed by atoms with Gasteiger partial charge in [0.15, 0.2) is 0 Å². The van der Waals surface area contributed by atoms with Crippen molar-refractivity contribution in [3.05, 3.63) is 119 Å². The van der Waals surface area contributed by atoms with Crippen molar-refractivity contribution in [1.29, 1.82) is 0 Å². The van der Waals surface area contributed by atoms with Crippen LogP contribution in [0.3, 0.4) is 0 Å². The second kappa shape index (κ2) is 21.8. The Bertz CT molecular complexity index is 2170. The van der Waals surface area contributed by atoms with Crippen LogP contribution < -0.4 is 118 Å². The maximum atomic E-state index is 13.9. The molecule has 57 heavy (non-hydrogen) atoms. The first-order chi connectivity index (χ1) is 26.4. The predicted molar refractivity (Wildman–Crippen MR) is 213 cm³/mol.